The number of nitrogens with zero attached hydrogens (tertiary/aromatic N) is 2. The molecule has 0 aliphatic rings. The number of ether oxygens (including phenoxy) is 1. The Bertz CT molecular complexity index is 860. The Morgan fingerprint density at radius 3 is 2.73 bits per heavy atom. The maximum absolute atomic E-state index is 12.1. The van der Waals surface area contributed by atoms with Gasteiger partial charge in [-0.1, -0.05) is 11.6 Å². The van der Waals surface area contributed by atoms with Crippen LogP contribution in [0.1, 0.15) is 0 Å². The third kappa shape index (κ3) is 2.87. The summed E-state index contributed by atoms with van der Waals surface area (Å²) in [6.45, 7) is 0. The minimum Gasteiger partial charge on any atom is -0.497 e. The summed E-state index contributed by atoms with van der Waals surface area (Å²) >= 11 is 6.11. The number of rotatable bonds is 3. The zero-order chi connectivity index (χ0) is 15.5. The van der Waals surface area contributed by atoms with Crippen LogP contribution >= 0.6 is 11.6 Å². The molecule has 0 fully saturated rings. The lowest BCUT2D eigenvalue weighted by Gasteiger charge is -2.10. The van der Waals surface area contributed by atoms with Crippen LogP contribution in [0, 0.1) is 0 Å². The Hall–Kier alpha value is -2.59. The Labute approximate surface area is 132 Å². The van der Waals surface area contributed by atoms with Crippen LogP contribution in [-0.2, 0) is 0 Å². The first-order valence-corrected chi connectivity index (χ1v) is 7.03. The highest BCUT2D eigenvalue weighted by molar-refractivity contribution is 6.31. The van der Waals surface area contributed by atoms with E-state index in [9.17, 15) is 4.79 Å². The highest BCUT2D eigenvalue weighted by Crippen LogP contribution is 2.28. The highest BCUT2D eigenvalue weighted by atomic mass is 35.5. The standard InChI is InChI=1S/C17H13ClN2O2/c1-22-16-8-13(7-14(18)9-16)12-4-5-17(21)20(11-12)15-3-2-6-19-10-15/h2-11H,1H3. The molecule has 0 aliphatic carbocycles. The van der Waals surface area contributed by atoms with Crippen LogP contribution in [0.2, 0.25) is 5.02 Å². The quantitative estimate of drug-likeness (QED) is 0.742. The van der Waals surface area contributed by atoms with E-state index in [0.717, 1.165) is 11.1 Å². The summed E-state index contributed by atoms with van der Waals surface area (Å²) in [4.78, 5) is 16.1. The maximum atomic E-state index is 12.1. The Kier molecular flexibility index (Phi) is 3.94. The average Bonchev–Trinajstić information content (AvgIpc) is 2.55. The summed E-state index contributed by atoms with van der Waals surface area (Å²) in [7, 11) is 1.59. The third-order valence-corrected chi connectivity index (χ3v) is 3.49. The van der Waals surface area contributed by atoms with E-state index in [1.165, 1.54) is 6.07 Å². The monoisotopic (exact) mass is 312 g/mol. The highest BCUT2D eigenvalue weighted by Gasteiger charge is 2.06. The van der Waals surface area contributed by atoms with Gasteiger partial charge in [-0.05, 0) is 47.5 Å². The van der Waals surface area contributed by atoms with Crippen molar-refractivity contribution in [1.29, 1.82) is 0 Å². The molecule has 3 aromatic rings. The van der Waals surface area contributed by atoms with Crippen molar-refractivity contribution >= 4 is 11.6 Å². The maximum Gasteiger partial charge on any atom is 0.255 e. The van der Waals surface area contributed by atoms with E-state index in [2.05, 4.69) is 4.98 Å². The van der Waals surface area contributed by atoms with Crippen molar-refractivity contribution in [3.8, 4) is 22.6 Å². The summed E-state index contributed by atoms with van der Waals surface area (Å²) in [5, 5.41) is 0.577. The van der Waals surface area contributed by atoms with Gasteiger partial charge in [-0.25, -0.2) is 0 Å². The van der Waals surface area contributed by atoms with Crippen molar-refractivity contribution in [2.45, 2.75) is 0 Å². The van der Waals surface area contributed by atoms with E-state index < -0.39 is 0 Å². The molecule has 0 atom stereocenters. The van der Waals surface area contributed by atoms with E-state index in [1.54, 1.807) is 48.5 Å². The topological polar surface area (TPSA) is 44.1 Å². The molecular weight excluding hydrogens is 300 g/mol. The molecule has 0 spiro atoms. The molecule has 0 aliphatic heterocycles. The SMILES string of the molecule is COc1cc(Cl)cc(-c2ccc(=O)n(-c3cccnc3)c2)c1. The average molecular weight is 313 g/mol. The fourth-order valence-corrected chi connectivity index (χ4v) is 2.43. The number of aromatic nitrogens is 2. The van der Waals surface area contributed by atoms with Gasteiger partial charge in [0, 0.05) is 23.5 Å². The minimum atomic E-state index is -0.120. The molecule has 0 radical (unpaired) electrons. The first-order valence-electron chi connectivity index (χ1n) is 6.65. The molecule has 2 aromatic heterocycles. The van der Waals surface area contributed by atoms with Crippen LogP contribution in [0.4, 0.5) is 0 Å². The van der Waals surface area contributed by atoms with E-state index in [1.807, 2.05) is 18.2 Å². The predicted molar refractivity (Wildman–Crippen MR) is 86.8 cm³/mol. The Morgan fingerprint density at radius 2 is 2.00 bits per heavy atom. The zero-order valence-electron chi connectivity index (χ0n) is 11.9. The fourth-order valence-electron chi connectivity index (χ4n) is 2.20. The molecular formula is C17H13ClN2O2. The smallest absolute Gasteiger partial charge is 0.255 e. The van der Waals surface area contributed by atoms with Gasteiger partial charge in [-0.2, -0.15) is 0 Å². The van der Waals surface area contributed by atoms with Crippen LogP contribution in [0.5, 0.6) is 5.75 Å². The van der Waals surface area contributed by atoms with Crippen LogP contribution < -0.4 is 10.3 Å². The number of pyridine rings is 2. The lowest BCUT2D eigenvalue weighted by molar-refractivity contribution is 0.415. The van der Waals surface area contributed by atoms with E-state index in [4.69, 9.17) is 16.3 Å². The van der Waals surface area contributed by atoms with Crippen molar-refractivity contribution in [1.82, 2.24) is 9.55 Å². The van der Waals surface area contributed by atoms with Gasteiger partial charge in [-0.3, -0.25) is 14.3 Å². The molecule has 0 N–H and O–H groups in total. The normalized spacial score (nSPS) is 10.5. The second kappa shape index (κ2) is 6.03. The van der Waals surface area contributed by atoms with Crippen LogP contribution in [0.3, 0.4) is 0 Å². The van der Waals surface area contributed by atoms with Crippen molar-refractivity contribution in [3.63, 3.8) is 0 Å². The van der Waals surface area contributed by atoms with Gasteiger partial charge in [0.15, 0.2) is 0 Å². The largest absolute Gasteiger partial charge is 0.497 e. The lowest BCUT2D eigenvalue weighted by atomic mass is 10.1. The molecule has 5 heteroatoms. The number of halogens is 1. The van der Waals surface area contributed by atoms with E-state index >= 15 is 0 Å². The first-order chi connectivity index (χ1) is 10.7. The minimum absolute atomic E-state index is 0.120. The van der Waals surface area contributed by atoms with Crippen molar-refractivity contribution in [3.05, 3.63) is 76.4 Å². The van der Waals surface area contributed by atoms with Crippen LogP contribution in [0.15, 0.2) is 65.8 Å². The number of hydrogen-bond donors (Lipinski definition) is 0. The summed E-state index contributed by atoms with van der Waals surface area (Å²) in [6.07, 6.45) is 5.08. The van der Waals surface area contributed by atoms with Gasteiger partial charge in [0.2, 0.25) is 0 Å². The molecule has 22 heavy (non-hydrogen) atoms. The molecule has 2 heterocycles. The third-order valence-electron chi connectivity index (χ3n) is 3.28. The lowest BCUT2D eigenvalue weighted by Crippen LogP contribution is -2.16. The molecule has 3 rings (SSSR count). The molecule has 4 nitrogen and oxygen atoms in total. The molecule has 0 amide bonds. The van der Waals surface area contributed by atoms with Crippen molar-refractivity contribution < 1.29 is 4.74 Å². The first kappa shape index (κ1) is 14.4. The van der Waals surface area contributed by atoms with Crippen molar-refractivity contribution in [2.24, 2.45) is 0 Å². The summed E-state index contributed by atoms with van der Waals surface area (Å²) in [5.74, 6) is 0.668. The predicted octanol–water partition coefficient (Wildman–Crippen LogP) is 3.56. The van der Waals surface area contributed by atoms with Gasteiger partial charge in [0.05, 0.1) is 19.0 Å². The van der Waals surface area contributed by atoms with Gasteiger partial charge in [-0.15, -0.1) is 0 Å². The molecule has 1 aromatic carbocycles. The summed E-state index contributed by atoms with van der Waals surface area (Å²) in [5.41, 5.74) is 2.33. The second-order valence-corrected chi connectivity index (χ2v) is 5.15. The van der Waals surface area contributed by atoms with Gasteiger partial charge in [0.25, 0.3) is 5.56 Å². The molecule has 0 bridgehead atoms. The number of hydrogen-bond acceptors (Lipinski definition) is 3. The van der Waals surface area contributed by atoms with E-state index in [0.29, 0.717) is 16.5 Å². The molecule has 0 saturated heterocycles. The van der Waals surface area contributed by atoms with E-state index in [-0.39, 0.29) is 5.56 Å². The number of benzene rings is 1. The second-order valence-electron chi connectivity index (χ2n) is 4.72. The summed E-state index contributed by atoms with van der Waals surface area (Å²) in [6, 6.07) is 12.3. The van der Waals surface area contributed by atoms with Crippen molar-refractivity contribution in [2.75, 3.05) is 7.11 Å². The summed E-state index contributed by atoms with van der Waals surface area (Å²) < 4.78 is 6.78. The molecule has 0 saturated carbocycles. The van der Waals surface area contributed by atoms with Gasteiger partial charge < -0.3 is 4.74 Å². The molecule has 110 valence electrons. The van der Waals surface area contributed by atoms with Crippen LogP contribution in [-0.4, -0.2) is 16.7 Å². The fraction of sp³-hybridized carbons (Fsp3) is 0.0588. The zero-order valence-corrected chi connectivity index (χ0v) is 12.6. The Morgan fingerprint density at radius 1 is 1.14 bits per heavy atom. The number of methoxy groups -OCH3 is 1. The van der Waals surface area contributed by atoms with Gasteiger partial charge >= 0.3 is 0 Å². The van der Waals surface area contributed by atoms with Crippen LogP contribution in [0.25, 0.3) is 16.8 Å². The molecule has 0 unspecified atom stereocenters. The Balaban J connectivity index is 2.14. The van der Waals surface area contributed by atoms with Gasteiger partial charge in [0.1, 0.15) is 5.75 Å².